The maximum Gasteiger partial charge on any atom is 0.269 e. The molecule has 102 valence electrons. The van der Waals surface area contributed by atoms with E-state index < -0.39 is 0 Å². The fourth-order valence-electron chi connectivity index (χ4n) is 2.46. The summed E-state index contributed by atoms with van der Waals surface area (Å²) in [5, 5.41) is 2.96. The SMILES string of the molecule is CC1(CNC(=O)c2ccc(C(N)=S)cn2)CCCC1. The fourth-order valence-corrected chi connectivity index (χ4v) is 2.58. The number of amides is 1. The van der Waals surface area contributed by atoms with Crippen molar-refractivity contribution in [2.75, 3.05) is 6.54 Å². The standard InChI is InChI=1S/C14H19N3OS/c1-14(6-2-3-7-14)9-17-13(18)11-5-4-10(8-16-11)12(15)19/h4-5,8H,2-3,6-7,9H2,1H3,(H2,15,19)(H,17,18). The highest BCUT2D eigenvalue weighted by atomic mass is 32.1. The summed E-state index contributed by atoms with van der Waals surface area (Å²) in [5.41, 5.74) is 6.81. The van der Waals surface area contributed by atoms with Crippen molar-refractivity contribution >= 4 is 23.1 Å². The van der Waals surface area contributed by atoms with Gasteiger partial charge in [-0.05, 0) is 30.4 Å². The second-order valence-electron chi connectivity index (χ2n) is 5.50. The molecule has 1 heterocycles. The molecule has 0 unspecified atom stereocenters. The van der Waals surface area contributed by atoms with Crippen LogP contribution in [-0.4, -0.2) is 22.4 Å². The van der Waals surface area contributed by atoms with Gasteiger partial charge in [-0.15, -0.1) is 0 Å². The van der Waals surface area contributed by atoms with E-state index in [1.807, 2.05) is 0 Å². The predicted molar refractivity (Wildman–Crippen MR) is 79.0 cm³/mol. The number of hydrogen-bond donors (Lipinski definition) is 2. The molecular formula is C14H19N3OS. The quantitative estimate of drug-likeness (QED) is 0.826. The lowest BCUT2D eigenvalue weighted by Gasteiger charge is -2.23. The molecule has 1 fully saturated rings. The third kappa shape index (κ3) is 3.50. The summed E-state index contributed by atoms with van der Waals surface area (Å²) in [7, 11) is 0. The molecule has 1 amide bonds. The summed E-state index contributed by atoms with van der Waals surface area (Å²) in [5.74, 6) is -0.136. The molecule has 0 radical (unpaired) electrons. The van der Waals surface area contributed by atoms with E-state index in [0.717, 1.165) is 0 Å². The molecular weight excluding hydrogens is 258 g/mol. The van der Waals surface area contributed by atoms with Crippen LogP contribution in [0.15, 0.2) is 18.3 Å². The van der Waals surface area contributed by atoms with Crippen LogP contribution < -0.4 is 11.1 Å². The molecule has 1 aromatic rings. The van der Waals surface area contributed by atoms with Crippen LogP contribution in [0.1, 0.15) is 48.7 Å². The van der Waals surface area contributed by atoms with Crippen LogP contribution in [0, 0.1) is 5.41 Å². The number of rotatable bonds is 4. The molecule has 3 N–H and O–H groups in total. The molecule has 1 aromatic heterocycles. The number of carbonyl (C=O) groups excluding carboxylic acids is 1. The van der Waals surface area contributed by atoms with Crippen molar-refractivity contribution in [1.29, 1.82) is 0 Å². The lowest BCUT2D eigenvalue weighted by atomic mass is 9.89. The third-order valence-corrected chi connectivity index (χ3v) is 4.00. The Hall–Kier alpha value is -1.49. The average molecular weight is 277 g/mol. The Labute approximate surface area is 118 Å². The largest absolute Gasteiger partial charge is 0.389 e. The highest BCUT2D eigenvalue weighted by molar-refractivity contribution is 7.80. The normalized spacial score (nSPS) is 17.1. The minimum absolute atomic E-state index is 0.136. The number of carbonyl (C=O) groups is 1. The molecule has 4 nitrogen and oxygen atoms in total. The van der Waals surface area contributed by atoms with Crippen LogP contribution in [0.25, 0.3) is 0 Å². The van der Waals surface area contributed by atoms with Gasteiger partial charge in [-0.1, -0.05) is 32.0 Å². The van der Waals surface area contributed by atoms with Gasteiger partial charge in [0.2, 0.25) is 0 Å². The first kappa shape index (κ1) is 13.9. The lowest BCUT2D eigenvalue weighted by molar-refractivity contribution is 0.0929. The van der Waals surface area contributed by atoms with Crippen LogP contribution in [0.5, 0.6) is 0 Å². The molecule has 0 saturated heterocycles. The van der Waals surface area contributed by atoms with Crippen LogP contribution >= 0.6 is 12.2 Å². The van der Waals surface area contributed by atoms with Gasteiger partial charge in [0.1, 0.15) is 10.7 Å². The smallest absolute Gasteiger partial charge is 0.269 e. The first-order chi connectivity index (χ1) is 9.00. The Morgan fingerprint density at radius 2 is 2.16 bits per heavy atom. The number of nitrogens with one attached hydrogen (secondary N) is 1. The van der Waals surface area contributed by atoms with E-state index >= 15 is 0 Å². The summed E-state index contributed by atoms with van der Waals surface area (Å²) in [6, 6.07) is 3.38. The second kappa shape index (κ2) is 5.65. The number of aromatic nitrogens is 1. The lowest BCUT2D eigenvalue weighted by Crippen LogP contribution is -2.34. The molecule has 19 heavy (non-hydrogen) atoms. The Kier molecular flexibility index (Phi) is 4.14. The minimum atomic E-state index is -0.136. The molecule has 0 aliphatic heterocycles. The average Bonchev–Trinajstić information content (AvgIpc) is 2.83. The van der Waals surface area contributed by atoms with Crippen molar-refractivity contribution in [3.63, 3.8) is 0 Å². The zero-order chi connectivity index (χ0) is 13.9. The molecule has 5 heteroatoms. The van der Waals surface area contributed by atoms with Gasteiger partial charge in [0.05, 0.1) is 0 Å². The van der Waals surface area contributed by atoms with E-state index in [1.165, 1.54) is 31.9 Å². The van der Waals surface area contributed by atoms with Crippen molar-refractivity contribution in [2.24, 2.45) is 11.1 Å². The van der Waals surface area contributed by atoms with E-state index in [1.54, 1.807) is 12.1 Å². The number of nitrogens with zero attached hydrogens (tertiary/aromatic N) is 1. The Morgan fingerprint density at radius 3 is 2.68 bits per heavy atom. The second-order valence-corrected chi connectivity index (χ2v) is 5.94. The van der Waals surface area contributed by atoms with Gasteiger partial charge in [-0.3, -0.25) is 9.78 Å². The molecule has 1 aliphatic rings. The Bertz CT molecular complexity index is 478. The maximum absolute atomic E-state index is 12.0. The summed E-state index contributed by atoms with van der Waals surface area (Å²) in [6.07, 6.45) is 6.41. The van der Waals surface area contributed by atoms with Gasteiger partial charge < -0.3 is 11.1 Å². The van der Waals surface area contributed by atoms with Crippen LogP contribution in [-0.2, 0) is 0 Å². The molecule has 0 spiro atoms. The van der Waals surface area contributed by atoms with Gasteiger partial charge in [0.15, 0.2) is 0 Å². The molecule has 0 bridgehead atoms. The predicted octanol–water partition coefficient (Wildman–Crippen LogP) is 2.03. The van der Waals surface area contributed by atoms with Crippen molar-refractivity contribution in [1.82, 2.24) is 10.3 Å². The maximum atomic E-state index is 12.0. The van der Waals surface area contributed by atoms with E-state index in [0.29, 0.717) is 17.8 Å². The van der Waals surface area contributed by atoms with E-state index in [2.05, 4.69) is 17.2 Å². The first-order valence-electron chi connectivity index (χ1n) is 6.54. The molecule has 2 rings (SSSR count). The van der Waals surface area contributed by atoms with Crippen molar-refractivity contribution in [3.8, 4) is 0 Å². The first-order valence-corrected chi connectivity index (χ1v) is 6.95. The molecule has 0 atom stereocenters. The van der Waals surface area contributed by atoms with Crippen molar-refractivity contribution < 1.29 is 4.79 Å². The molecule has 1 saturated carbocycles. The van der Waals surface area contributed by atoms with Crippen LogP contribution in [0.4, 0.5) is 0 Å². The zero-order valence-electron chi connectivity index (χ0n) is 11.1. The monoisotopic (exact) mass is 277 g/mol. The third-order valence-electron chi connectivity index (χ3n) is 3.77. The number of nitrogens with two attached hydrogens (primary N) is 1. The van der Waals surface area contributed by atoms with Crippen molar-refractivity contribution in [3.05, 3.63) is 29.6 Å². The van der Waals surface area contributed by atoms with Crippen molar-refractivity contribution in [2.45, 2.75) is 32.6 Å². The molecule has 0 aromatic carbocycles. The Balaban J connectivity index is 1.94. The van der Waals surface area contributed by atoms with E-state index in [9.17, 15) is 4.79 Å². The number of pyridine rings is 1. The summed E-state index contributed by atoms with van der Waals surface area (Å²) in [4.78, 5) is 16.4. The zero-order valence-corrected chi connectivity index (χ0v) is 11.9. The molecule has 1 aliphatic carbocycles. The fraction of sp³-hybridized carbons (Fsp3) is 0.500. The van der Waals surface area contributed by atoms with E-state index in [4.69, 9.17) is 18.0 Å². The minimum Gasteiger partial charge on any atom is -0.389 e. The van der Waals surface area contributed by atoms with Gasteiger partial charge in [0, 0.05) is 18.3 Å². The van der Waals surface area contributed by atoms with Gasteiger partial charge >= 0.3 is 0 Å². The van der Waals surface area contributed by atoms with Gasteiger partial charge in [-0.2, -0.15) is 0 Å². The highest BCUT2D eigenvalue weighted by Gasteiger charge is 2.29. The summed E-state index contributed by atoms with van der Waals surface area (Å²) in [6.45, 7) is 2.94. The summed E-state index contributed by atoms with van der Waals surface area (Å²) < 4.78 is 0. The highest BCUT2D eigenvalue weighted by Crippen LogP contribution is 2.36. The van der Waals surface area contributed by atoms with Gasteiger partial charge in [0.25, 0.3) is 5.91 Å². The topological polar surface area (TPSA) is 68.0 Å². The van der Waals surface area contributed by atoms with Crippen LogP contribution in [0.2, 0.25) is 0 Å². The number of hydrogen-bond acceptors (Lipinski definition) is 3. The van der Waals surface area contributed by atoms with E-state index in [-0.39, 0.29) is 16.3 Å². The Morgan fingerprint density at radius 1 is 1.47 bits per heavy atom. The summed E-state index contributed by atoms with van der Waals surface area (Å²) >= 11 is 4.85. The van der Waals surface area contributed by atoms with Crippen LogP contribution in [0.3, 0.4) is 0 Å². The number of thiocarbonyl (C=S) groups is 1. The van der Waals surface area contributed by atoms with Gasteiger partial charge in [-0.25, -0.2) is 0 Å².